The molecule has 0 heterocycles. The summed E-state index contributed by atoms with van der Waals surface area (Å²) in [7, 11) is 1.42. The first-order chi connectivity index (χ1) is 8.58. The Labute approximate surface area is 109 Å². The van der Waals surface area contributed by atoms with Gasteiger partial charge in [-0.25, -0.2) is 9.18 Å². The quantitative estimate of drug-likeness (QED) is 0.811. The van der Waals surface area contributed by atoms with Gasteiger partial charge < -0.3 is 14.6 Å². The number of carboxylic acids is 1. The highest BCUT2D eigenvalue weighted by molar-refractivity contribution is 6.32. The maximum atomic E-state index is 12.0. The first-order valence-corrected chi connectivity index (χ1v) is 5.43. The van der Waals surface area contributed by atoms with Crippen LogP contribution in [0.4, 0.5) is 4.39 Å². The SMILES string of the molecule is COc1cc(/C=C/C(=O)O)cc(Cl)c1OCCF. The molecule has 1 aromatic rings. The van der Waals surface area contributed by atoms with Crippen molar-refractivity contribution in [2.75, 3.05) is 20.4 Å². The molecule has 4 nitrogen and oxygen atoms in total. The van der Waals surface area contributed by atoms with Crippen LogP contribution in [-0.2, 0) is 4.79 Å². The van der Waals surface area contributed by atoms with Gasteiger partial charge in [-0.15, -0.1) is 0 Å². The molecule has 0 aliphatic heterocycles. The molecule has 0 atom stereocenters. The zero-order valence-corrected chi connectivity index (χ0v) is 10.4. The molecule has 0 spiro atoms. The highest BCUT2D eigenvalue weighted by Gasteiger charge is 2.11. The lowest BCUT2D eigenvalue weighted by atomic mass is 10.2. The number of carboxylic acid groups (broad SMARTS) is 1. The number of hydrogen-bond acceptors (Lipinski definition) is 3. The van der Waals surface area contributed by atoms with Gasteiger partial charge in [0.1, 0.15) is 13.3 Å². The Bertz CT molecular complexity index is 460. The van der Waals surface area contributed by atoms with Gasteiger partial charge in [-0.3, -0.25) is 0 Å². The zero-order valence-electron chi connectivity index (χ0n) is 9.65. The molecule has 0 radical (unpaired) electrons. The third-order valence-corrected chi connectivity index (χ3v) is 2.27. The topological polar surface area (TPSA) is 55.8 Å². The summed E-state index contributed by atoms with van der Waals surface area (Å²) in [6.45, 7) is -0.763. The van der Waals surface area contributed by atoms with E-state index >= 15 is 0 Å². The summed E-state index contributed by atoms with van der Waals surface area (Å²) in [6, 6.07) is 3.07. The fourth-order valence-corrected chi connectivity index (χ4v) is 1.56. The van der Waals surface area contributed by atoms with Crippen LogP contribution in [0.25, 0.3) is 6.08 Å². The van der Waals surface area contributed by atoms with Gasteiger partial charge in [0.2, 0.25) is 0 Å². The first kappa shape index (κ1) is 14.3. The lowest BCUT2D eigenvalue weighted by Gasteiger charge is -2.12. The second kappa shape index (κ2) is 6.86. The molecule has 1 N–H and O–H groups in total. The molecule has 0 bridgehead atoms. The molecule has 0 fully saturated rings. The number of methoxy groups -OCH3 is 1. The zero-order chi connectivity index (χ0) is 13.5. The van der Waals surface area contributed by atoms with Gasteiger partial charge in [0.15, 0.2) is 11.5 Å². The molecule has 0 aromatic heterocycles. The van der Waals surface area contributed by atoms with Gasteiger partial charge in [-0.2, -0.15) is 0 Å². The molecule has 0 amide bonds. The molecular weight excluding hydrogens is 263 g/mol. The number of ether oxygens (including phenoxy) is 2. The summed E-state index contributed by atoms with van der Waals surface area (Å²) in [5, 5.41) is 8.75. The van der Waals surface area contributed by atoms with Crippen molar-refractivity contribution in [3.05, 3.63) is 28.8 Å². The third kappa shape index (κ3) is 3.92. The number of rotatable bonds is 6. The number of alkyl halides is 1. The van der Waals surface area contributed by atoms with E-state index in [9.17, 15) is 9.18 Å². The van der Waals surface area contributed by atoms with Crippen LogP contribution < -0.4 is 9.47 Å². The fraction of sp³-hybridized carbons (Fsp3) is 0.250. The summed E-state index contributed by atoms with van der Waals surface area (Å²) >= 11 is 5.96. The average Bonchev–Trinajstić information content (AvgIpc) is 2.34. The van der Waals surface area contributed by atoms with E-state index in [1.165, 1.54) is 19.3 Å². The molecule has 18 heavy (non-hydrogen) atoms. The number of benzene rings is 1. The van der Waals surface area contributed by atoms with E-state index in [0.717, 1.165) is 6.08 Å². The van der Waals surface area contributed by atoms with Crippen LogP contribution in [0.3, 0.4) is 0 Å². The van der Waals surface area contributed by atoms with E-state index < -0.39 is 12.6 Å². The minimum atomic E-state index is -1.07. The van der Waals surface area contributed by atoms with E-state index in [0.29, 0.717) is 11.3 Å². The fourth-order valence-electron chi connectivity index (χ4n) is 1.28. The van der Waals surface area contributed by atoms with Crippen molar-refractivity contribution in [1.82, 2.24) is 0 Å². The van der Waals surface area contributed by atoms with Gasteiger partial charge in [0.25, 0.3) is 0 Å². The van der Waals surface area contributed by atoms with Crippen molar-refractivity contribution < 1.29 is 23.8 Å². The van der Waals surface area contributed by atoms with E-state index in [4.69, 9.17) is 26.2 Å². The number of aliphatic carboxylic acids is 1. The predicted octanol–water partition coefficient (Wildman–Crippen LogP) is 2.79. The molecular formula is C12H12ClFO4. The van der Waals surface area contributed by atoms with E-state index in [1.807, 2.05) is 0 Å². The molecule has 1 rings (SSSR count). The average molecular weight is 275 g/mol. The van der Waals surface area contributed by atoms with Crippen LogP contribution in [0, 0.1) is 0 Å². The Hall–Kier alpha value is -1.75. The van der Waals surface area contributed by atoms with Gasteiger partial charge in [0.05, 0.1) is 12.1 Å². The van der Waals surface area contributed by atoms with Crippen LogP contribution in [0.1, 0.15) is 5.56 Å². The van der Waals surface area contributed by atoms with Gasteiger partial charge >= 0.3 is 5.97 Å². The smallest absolute Gasteiger partial charge is 0.328 e. The van der Waals surface area contributed by atoms with Crippen LogP contribution in [0.2, 0.25) is 5.02 Å². The van der Waals surface area contributed by atoms with Crippen LogP contribution in [-0.4, -0.2) is 31.5 Å². The highest BCUT2D eigenvalue weighted by atomic mass is 35.5. The van der Waals surface area contributed by atoms with Crippen molar-refractivity contribution in [1.29, 1.82) is 0 Å². The lowest BCUT2D eigenvalue weighted by Crippen LogP contribution is -2.01. The molecule has 0 aliphatic rings. The van der Waals surface area contributed by atoms with Crippen molar-refractivity contribution in [2.24, 2.45) is 0 Å². The molecule has 6 heteroatoms. The van der Waals surface area contributed by atoms with Gasteiger partial charge in [-0.05, 0) is 23.8 Å². The standard InChI is InChI=1S/C12H12ClFO4/c1-17-10-7-8(2-3-11(15)16)6-9(13)12(10)18-5-4-14/h2-3,6-7H,4-5H2,1H3,(H,15,16)/b3-2+. The molecule has 0 saturated heterocycles. The predicted molar refractivity (Wildman–Crippen MR) is 66.1 cm³/mol. The van der Waals surface area contributed by atoms with Crippen LogP contribution in [0.5, 0.6) is 11.5 Å². The van der Waals surface area contributed by atoms with E-state index in [1.54, 1.807) is 6.07 Å². The number of hydrogen-bond donors (Lipinski definition) is 1. The molecule has 0 unspecified atom stereocenters. The summed E-state index contributed by atoms with van der Waals surface area (Å²) in [6.07, 6.45) is 2.35. The van der Waals surface area contributed by atoms with Crippen LogP contribution >= 0.6 is 11.6 Å². The largest absolute Gasteiger partial charge is 0.493 e. The Balaban J connectivity index is 3.06. The van der Waals surface area contributed by atoms with E-state index in [-0.39, 0.29) is 17.4 Å². The van der Waals surface area contributed by atoms with Crippen molar-refractivity contribution >= 4 is 23.6 Å². The Morgan fingerprint density at radius 2 is 2.28 bits per heavy atom. The monoisotopic (exact) mass is 274 g/mol. The highest BCUT2D eigenvalue weighted by Crippen LogP contribution is 2.36. The van der Waals surface area contributed by atoms with Crippen molar-refractivity contribution in [3.8, 4) is 11.5 Å². The second-order valence-corrected chi connectivity index (χ2v) is 3.65. The van der Waals surface area contributed by atoms with Crippen molar-refractivity contribution in [3.63, 3.8) is 0 Å². The van der Waals surface area contributed by atoms with Crippen molar-refractivity contribution in [2.45, 2.75) is 0 Å². The van der Waals surface area contributed by atoms with E-state index in [2.05, 4.69) is 0 Å². The second-order valence-electron chi connectivity index (χ2n) is 3.24. The Morgan fingerprint density at radius 3 is 2.83 bits per heavy atom. The summed E-state index contributed by atoms with van der Waals surface area (Å²) in [4.78, 5) is 10.4. The lowest BCUT2D eigenvalue weighted by molar-refractivity contribution is -0.131. The Kier molecular flexibility index (Phi) is 5.45. The van der Waals surface area contributed by atoms with Crippen LogP contribution in [0.15, 0.2) is 18.2 Å². The van der Waals surface area contributed by atoms with Gasteiger partial charge in [0, 0.05) is 6.08 Å². The summed E-state index contributed by atoms with van der Waals surface area (Å²) in [5.74, 6) is -0.506. The third-order valence-electron chi connectivity index (χ3n) is 1.99. The number of carbonyl (C=O) groups is 1. The molecule has 1 aromatic carbocycles. The Morgan fingerprint density at radius 1 is 1.56 bits per heavy atom. The summed E-state index contributed by atoms with van der Waals surface area (Å²) < 4.78 is 22.2. The van der Waals surface area contributed by atoms with Gasteiger partial charge in [-0.1, -0.05) is 11.6 Å². The molecule has 0 saturated carbocycles. The normalized spacial score (nSPS) is 10.6. The minimum Gasteiger partial charge on any atom is -0.493 e. The molecule has 0 aliphatic carbocycles. The molecule has 98 valence electrons. The minimum absolute atomic E-state index is 0.125. The maximum absolute atomic E-state index is 12.0. The maximum Gasteiger partial charge on any atom is 0.328 e. The summed E-state index contributed by atoms with van der Waals surface area (Å²) in [5.41, 5.74) is 0.548. The first-order valence-electron chi connectivity index (χ1n) is 5.05. The number of halogens is 2.